The number of hydrogen-bond donors (Lipinski definition) is 3. The molecule has 1 amide bonds. The predicted octanol–water partition coefficient (Wildman–Crippen LogP) is 4.53. The topological polar surface area (TPSA) is 81.0 Å². The zero-order valence-corrected chi connectivity index (χ0v) is 17.1. The van der Waals surface area contributed by atoms with E-state index in [0.29, 0.717) is 18.7 Å². The Bertz CT molecular complexity index is 944. The fourth-order valence-electron chi connectivity index (χ4n) is 4.65. The minimum atomic E-state index is -0.758. The van der Waals surface area contributed by atoms with Crippen molar-refractivity contribution >= 4 is 5.91 Å². The predicted molar refractivity (Wildman–Crippen MR) is 111 cm³/mol. The van der Waals surface area contributed by atoms with Gasteiger partial charge in [-0.05, 0) is 47.1 Å². The average Bonchev–Trinajstić information content (AvgIpc) is 3.11. The molecular formula is C24H29NO4. The van der Waals surface area contributed by atoms with Crippen LogP contribution in [0.25, 0.3) is 0 Å². The number of phenolic OH excluding ortho intramolecular Hbond substituents is 2. The van der Waals surface area contributed by atoms with E-state index in [9.17, 15) is 20.1 Å². The lowest BCUT2D eigenvalue weighted by Gasteiger charge is -2.32. The summed E-state index contributed by atoms with van der Waals surface area (Å²) >= 11 is 0. The quantitative estimate of drug-likeness (QED) is 0.713. The van der Waals surface area contributed by atoms with Crippen LogP contribution in [0.3, 0.4) is 0 Å². The van der Waals surface area contributed by atoms with Gasteiger partial charge in [-0.15, -0.1) is 0 Å². The molecule has 0 aromatic heterocycles. The molecular weight excluding hydrogens is 366 g/mol. The maximum atomic E-state index is 13.1. The molecule has 1 aliphatic heterocycles. The third-order valence-electron chi connectivity index (χ3n) is 6.43. The summed E-state index contributed by atoms with van der Waals surface area (Å²) in [5.41, 5.74) is 3.17. The molecule has 154 valence electrons. The summed E-state index contributed by atoms with van der Waals surface area (Å²) in [7, 11) is 0. The molecule has 0 spiro atoms. The van der Waals surface area contributed by atoms with Gasteiger partial charge in [0.05, 0.1) is 11.2 Å². The van der Waals surface area contributed by atoms with Crippen LogP contribution in [0.2, 0.25) is 0 Å². The molecule has 1 fully saturated rings. The fraction of sp³-hybridized carbons (Fsp3) is 0.458. The summed E-state index contributed by atoms with van der Waals surface area (Å²) in [4.78, 5) is 14.8. The summed E-state index contributed by atoms with van der Waals surface area (Å²) in [6.07, 6.45) is 4.82. The first kappa shape index (κ1) is 19.8. The van der Waals surface area contributed by atoms with Gasteiger partial charge in [0.2, 0.25) is 0 Å². The zero-order chi connectivity index (χ0) is 20.8. The minimum absolute atomic E-state index is 0.00382. The van der Waals surface area contributed by atoms with E-state index in [0.717, 1.165) is 42.4 Å². The van der Waals surface area contributed by atoms with E-state index in [4.69, 9.17) is 0 Å². The maximum absolute atomic E-state index is 13.1. The van der Waals surface area contributed by atoms with Gasteiger partial charge in [0.25, 0.3) is 5.91 Å². The van der Waals surface area contributed by atoms with E-state index in [2.05, 4.69) is 0 Å². The van der Waals surface area contributed by atoms with E-state index in [1.54, 1.807) is 11.0 Å². The first-order chi connectivity index (χ1) is 13.8. The van der Waals surface area contributed by atoms with E-state index >= 15 is 0 Å². The van der Waals surface area contributed by atoms with Crippen LogP contribution in [0.1, 0.15) is 84.5 Å². The smallest absolute Gasteiger partial charge is 0.258 e. The molecule has 5 heteroatoms. The zero-order valence-electron chi connectivity index (χ0n) is 17.1. The summed E-state index contributed by atoms with van der Waals surface area (Å²) < 4.78 is 0. The van der Waals surface area contributed by atoms with Crippen molar-refractivity contribution in [3.63, 3.8) is 0 Å². The van der Waals surface area contributed by atoms with Gasteiger partial charge in [-0.25, -0.2) is 0 Å². The minimum Gasteiger partial charge on any atom is -0.508 e. The van der Waals surface area contributed by atoms with Crippen LogP contribution in [0, 0.1) is 0 Å². The van der Waals surface area contributed by atoms with Gasteiger partial charge in [-0.1, -0.05) is 51.3 Å². The number of rotatable bonds is 3. The van der Waals surface area contributed by atoms with Crippen LogP contribution >= 0.6 is 0 Å². The van der Waals surface area contributed by atoms with Crippen molar-refractivity contribution in [3.05, 3.63) is 58.1 Å². The van der Waals surface area contributed by atoms with Gasteiger partial charge in [0.15, 0.2) is 0 Å². The normalized spacial score (nSPS) is 18.1. The van der Waals surface area contributed by atoms with Crippen LogP contribution in [0.5, 0.6) is 11.5 Å². The molecule has 29 heavy (non-hydrogen) atoms. The average molecular weight is 395 g/mol. The third kappa shape index (κ3) is 3.60. The van der Waals surface area contributed by atoms with Crippen LogP contribution in [-0.2, 0) is 18.7 Å². The molecule has 4 rings (SSSR count). The molecule has 1 saturated carbocycles. The third-order valence-corrected chi connectivity index (χ3v) is 6.43. The number of hydrogen-bond acceptors (Lipinski definition) is 4. The Labute approximate surface area is 171 Å². The lowest BCUT2D eigenvalue weighted by Crippen LogP contribution is -2.28. The van der Waals surface area contributed by atoms with Gasteiger partial charge < -0.3 is 20.2 Å². The number of carbonyl (C=O) groups excluding carboxylic acids is 1. The number of aromatic hydroxyl groups is 2. The molecule has 0 atom stereocenters. The van der Waals surface area contributed by atoms with E-state index in [1.807, 2.05) is 32.0 Å². The highest BCUT2D eigenvalue weighted by atomic mass is 16.3. The Morgan fingerprint density at radius 3 is 2.34 bits per heavy atom. The summed E-state index contributed by atoms with van der Waals surface area (Å²) in [6, 6.07) is 8.90. The van der Waals surface area contributed by atoms with Gasteiger partial charge in [-0.2, -0.15) is 0 Å². The largest absolute Gasteiger partial charge is 0.508 e. The van der Waals surface area contributed by atoms with Gasteiger partial charge >= 0.3 is 0 Å². The number of fused-ring (bicyclic) bond motifs is 1. The summed E-state index contributed by atoms with van der Waals surface area (Å²) in [5, 5.41) is 31.3. The number of benzene rings is 2. The molecule has 2 aliphatic rings. The van der Waals surface area contributed by atoms with Crippen LogP contribution in [0.15, 0.2) is 30.3 Å². The molecule has 1 heterocycles. The molecule has 0 bridgehead atoms. The van der Waals surface area contributed by atoms with Crippen molar-refractivity contribution in [2.45, 2.75) is 70.6 Å². The van der Waals surface area contributed by atoms with E-state index < -0.39 is 5.60 Å². The second kappa shape index (κ2) is 7.38. The fourth-order valence-corrected chi connectivity index (χ4v) is 4.65. The first-order valence-corrected chi connectivity index (χ1v) is 10.5. The van der Waals surface area contributed by atoms with Crippen LogP contribution in [0.4, 0.5) is 0 Å². The number of aliphatic hydroxyl groups is 1. The number of phenols is 2. The standard InChI is InChI=1S/C24H29NO4/c1-15(2)19-11-20(22(27)12-21(19)26)23(28)25-13-16-6-7-18(10-17(16)14-25)24(29)8-4-3-5-9-24/h6-7,10-12,15,26-27,29H,3-5,8-9,13-14H2,1-2H3. The second-order valence-electron chi connectivity index (χ2n) is 8.82. The Balaban J connectivity index is 1.58. The van der Waals surface area contributed by atoms with Crippen molar-refractivity contribution in [2.24, 2.45) is 0 Å². The lowest BCUT2D eigenvalue weighted by atomic mass is 9.79. The monoisotopic (exact) mass is 395 g/mol. The number of nitrogens with zero attached hydrogens (tertiary/aromatic N) is 1. The van der Waals surface area contributed by atoms with Crippen molar-refractivity contribution in [2.75, 3.05) is 0 Å². The number of carbonyl (C=O) groups is 1. The highest BCUT2D eigenvalue weighted by Gasteiger charge is 2.33. The number of amides is 1. The van der Waals surface area contributed by atoms with Crippen molar-refractivity contribution < 1.29 is 20.1 Å². The van der Waals surface area contributed by atoms with Crippen molar-refractivity contribution in [1.29, 1.82) is 0 Å². The van der Waals surface area contributed by atoms with Crippen molar-refractivity contribution in [1.82, 2.24) is 4.90 Å². The Kier molecular flexibility index (Phi) is 5.03. The van der Waals surface area contributed by atoms with Crippen LogP contribution < -0.4 is 0 Å². The maximum Gasteiger partial charge on any atom is 0.258 e. The highest BCUT2D eigenvalue weighted by Crippen LogP contribution is 2.39. The Hall–Kier alpha value is -2.53. The van der Waals surface area contributed by atoms with Gasteiger partial charge in [0, 0.05) is 19.2 Å². The van der Waals surface area contributed by atoms with Gasteiger partial charge in [-0.3, -0.25) is 4.79 Å². The molecule has 2 aromatic carbocycles. The summed E-state index contributed by atoms with van der Waals surface area (Å²) in [5.74, 6) is -0.413. The van der Waals surface area contributed by atoms with Crippen molar-refractivity contribution in [3.8, 4) is 11.5 Å². The molecule has 0 radical (unpaired) electrons. The molecule has 2 aromatic rings. The van der Waals surface area contributed by atoms with Gasteiger partial charge in [0.1, 0.15) is 11.5 Å². The SMILES string of the molecule is CC(C)c1cc(C(=O)N2Cc3ccc(C4(O)CCCCC4)cc3C2)c(O)cc1O. The molecule has 1 aliphatic carbocycles. The summed E-state index contributed by atoms with van der Waals surface area (Å²) in [6.45, 7) is 4.80. The van der Waals surface area contributed by atoms with E-state index in [1.165, 1.54) is 12.5 Å². The Morgan fingerprint density at radius 2 is 1.66 bits per heavy atom. The van der Waals surface area contributed by atoms with E-state index in [-0.39, 0.29) is 28.9 Å². The lowest BCUT2D eigenvalue weighted by molar-refractivity contribution is -0.000691. The molecule has 3 N–H and O–H groups in total. The second-order valence-corrected chi connectivity index (χ2v) is 8.82. The first-order valence-electron chi connectivity index (χ1n) is 10.5. The Morgan fingerprint density at radius 1 is 0.966 bits per heavy atom. The highest BCUT2D eigenvalue weighted by molar-refractivity contribution is 5.97. The molecule has 0 unspecified atom stereocenters. The molecule has 5 nitrogen and oxygen atoms in total. The van der Waals surface area contributed by atoms with Crippen LogP contribution in [-0.4, -0.2) is 26.1 Å². The molecule has 0 saturated heterocycles.